The molecule has 1 unspecified atom stereocenters. The van der Waals surface area contributed by atoms with Gasteiger partial charge in [0.15, 0.2) is 0 Å². The molecule has 2 nitrogen and oxygen atoms in total. The lowest BCUT2D eigenvalue weighted by Crippen LogP contribution is -2.36. The van der Waals surface area contributed by atoms with E-state index >= 15 is 0 Å². The summed E-state index contributed by atoms with van der Waals surface area (Å²) in [5.74, 6) is 0.212. The molecule has 1 aromatic heterocycles. The average Bonchev–Trinajstić information content (AvgIpc) is 2.92. The molecule has 1 fully saturated rings. The number of nitrogens with zero attached hydrogens (tertiary/aromatic N) is 1. The van der Waals surface area contributed by atoms with Crippen LogP contribution in [-0.4, -0.2) is 21.7 Å². The lowest BCUT2D eigenvalue weighted by Gasteiger charge is -2.23. The Morgan fingerprint density at radius 1 is 1.73 bits per heavy atom. The van der Waals surface area contributed by atoms with Gasteiger partial charge in [0.1, 0.15) is 0 Å². The average molecular weight is 288 g/mol. The maximum absolute atomic E-state index is 11.9. The van der Waals surface area contributed by atoms with E-state index in [0.29, 0.717) is 6.04 Å². The second-order valence-corrected chi connectivity index (χ2v) is 6.10. The van der Waals surface area contributed by atoms with Crippen molar-refractivity contribution in [3.8, 4) is 0 Å². The van der Waals surface area contributed by atoms with E-state index in [9.17, 15) is 4.79 Å². The molecule has 0 aliphatic heterocycles. The zero-order chi connectivity index (χ0) is 10.8. The highest BCUT2D eigenvalue weighted by Crippen LogP contribution is 2.30. The third-order valence-corrected chi connectivity index (χ3v) is 3.67. The smallest absolute Gasteiger partial charge is 0.236 e. The van der Waals surface area contributed by atoms with Gasteiger partial charge in [-0.2, -0.15) is 11.3 Å². The summed E-state index contributed by atoms with van der Waals surface area (Å²) < 4.78 is 0. The summed E-state index contributed by atoms with van der Waals surface area (Å²) in [5.41, 5.74) is 1.24. The zero-order valence-corrected chi connectivity index (χ0v) is 11.1. The molecule has 0 spiro atoms. The van der Waals surface area contributed by atoms with Gasteiger partial charge in [0.05, 0.1) is 4.83 Å². The number of rotatable bonds is 4. The summed E-state index contributed by atoms with van der Waals surface area (Å²) in [5, 5.41) is 4.17. The Morgan fingerprint density at radius 2 is 2.47 bits per heavy atom. The van der Waals surface area contributed by atoms with Gasteiger partial charge in [0, 0.05) is 12.6 Å². The highest BCUT2D eigenvalue weighted by atomic mass is 79.9. The lowest BCUT2D eigenvalue weighted by atomic mass is 10.3. The van der Waals surface area contributed by atoms with Crippen LogP contribution in [-0.2, 0) is 11.3 Å². The Bertz CT molecular complexity index is 332. The first-order valence-corrected chi connectivity index (χ1v) is 7.00. The van der Waals surface area contributed by atoms with Gasteiger partial charge in [-0.3, -0.25) is 4.79 Å². The van der Waals surface area contributed by atoms with Crippen LogP contribution in [0.3, 0.4) is 0 Å². The van der Waals surface area contributed by atoms with E-state index in [1.54, 1.807) is 11.3 Å². The number of halogens is 1. The molecule has 0 aromatic carbocycles. The van der Waals surface area contributed by atoms with Crippen molar-refractivity contribution in [2.45, 2.75) is 37.2 Å². The summed E-state index contributed by atoms with van der Waals surface area (Å²) in [7, 11) is 0. The number of thiophene rings is 1. The van der Waals surface area contributed by atoms with E-state index in [-0.39, 0.29) is 10.7 Å². The molecule has 15 heavy (non-hydrogen) atoms. The first kappa shape index (κ1) is 11.1. The van der Waals surface area contributed by atoms with Crippen LogP contribution in [0.15, 0.2) is 16.8 Å². The number of hydrogen-bond donors (Lipinski definition) is 0. The Kier molecular flexibility index (Phi) is 3.46. The number of hydrogen-bond acceptors (Lipinski definition) is 2. The van der Waals surface area contributed by atoms with Crippen LogP contribution in [0.5, 0.6) is 0 Å². The van der Waals surface area contributed by atoms with Crippen LogP contribution in [0.2, 0.25) is 0 Å². The Balaban J connectivity index is 2.03. The maximum atomic E-state index is 11.9. The van der Waals surface area contributed by atoms with E-state index in [2.05, 4.69) is 32.8 Å². The molecular weight excluding hydrogens is 274 g/mol. The van der Waals surface area contributed by atoms with Gasteiger partial charge >= 0.3 is 0 Å². The van der Waals surface area contributed by atoms with Crippen LogP contribution in [0.1, 0.15) is 25.3 Å². The van der Waals surface area contributed by atoms with Crippen molar-refractivity contribution in [1.82, 2.24) is 4.90 Å². The third kappa shape index (κ3) is 2.82. The molecule has 0 radical (unpaired) electrons. The molecule has 4 heteroatoms. The van der Waals surface area contributed by atoms with Crippen molar-refractivity contribution in [2.75, 3.05) is 0 Å². The minimum atomic E-state index is -0.0725. The molecule has 2 rings (SSSR count). The molecule has 82 valence electrons. The van der Waals surface area contributed by atoms with Crippen molar-refractivity contribution in [1.29, 1.82) is 0 Å². The van der Waals surface area contributed by atoms with Gasteiger partial charge in [0.2, 0.25) is 5.91 Å². The summed E-state index contributed by atoms with van der Waals surface area (Å²) in [6.45, 7) is 2.66. The van der Waals surface area contributed by atoms with E-state index < -0.39 is 0 Å². The number of carbonyl (C=O) groups is 1. The molecule has 1 aliphatic carbocycles. The van der Waals surface area contributed by atoms with Crippen LogP contribution >= 0.6 is 27.3 Å². The van der Waals surface area contributed by atoms with E-state index in [0.717, 1.165) is 19.4 Å². The predicted octanol–water partition coefficient (Wildman–Crippen LogP) is 3.02. The molecular formula is C11H14BrNOS. The minimum Gasteiger partial charge on any atom is -0.334 e. The first-order chi connectivity index (χ1) is 7.18. The van der Waals surface area contributed by atoms with E-state index in [1.807, 2.05) is 11.8 Å². The topological polar surface area (TPSA) is 20.3 Å². The Morgan fingerprint density at radius 3 is 2.93 bits per heavy atom. The second kappa shape index (κ2) is 4.66. The summed E-state index contributed by atoms with van der Waals surface area (Å²) in [6.07, 6.45) is 2.32. The predicted molar refractivity (Wildman–Crippen MR) is 66.3 cm³/mol. The highest BCUT2D eigenvalue weighted by molar-refractivity contribution is 9.10. The summed E-state index contributed by atoms with van der Waals surface area (Å²) >= 11 is 5.04. The van der Waals surface area contributed by atoms with Crippen molar-refractivity contribution < 1.29 is 4.79 Å². The molecule has 0 N–H and O–H groups in total. The van der Waals surface area contributed by atoms with Crippen molar-refractivity contribution >= 4 is 33.2 Å². The summed E-state index contributed by atoms with van der Waals surface area (Å²) in [6, 6.07) is 2.57. The van der Waals surface area contributed by atoms with Gasteiger partial charge in [-0.05, 0) is 42.2 Å². The third-order valence-electron chi connectivity index (χ3n) is 2.54. The standard InChI is InChI=1S/C11H14BrNOS/c1-8(12)11(14)13(10-2-3-10)6-9-4-5-15-7-9/h4-5,7-8,10H,2-3,6H2,1H3. The van der Waals surface area contributed by atoms with Gasteiger partial charge in [0.25, 0.3) is 0 Å². The maximum Gasteiger partial charge on any atom is 0.236 e. The highest BCUT2D eigenvalue weighted by Gasteiger charge is 2.33. The Hall–Kier alpha value is -0.350. The molecule has 1 aromatic rings. The zero-order valence-electron chi connectivity index (χ0n) is 8.65. The van der Waals surface area contributed by atoms with Crippen molar-refractivity contribution in [2.24, 2.45) is 0 Å². The number of amides is 1. The van der Waals surface area contributed by atoms with Crippen molar-refractivity contribution in [3.63, 3.8) is 0 Å². The summed E-state index contributed by atoms with van der Waals surface area (Å²) in [4.78, 5) is 13.9. The number of carbonyl (C=O) groups excluding carboxylic acids is 1. The van der Waals surface area contributed by atoms with Crippen molar-refractivity contribution in [3.05, 3.63) is 22.4 Å². The molecule has 1 amide bonds. The Labute approximate surface area is 102 Å². The first-order valence-electron chi connectivity index (χ1n) is 5.14. The SMILES string of the molecule is CC(Br)C(=O)N(Cc1ccsc1)C1CC1. The van der Waals surface area contributed by atoms with Gasteiger partial charge in [-0.1, -0.05) is 15.9 Å². The minimum absolute atomic E-state index is 0.0725. The molecule has 1 aliphatic rings. The van der Waals surface area contributed by atoms with Crippen LogP contribution in [0.4, 0.5) is 0 Å². The molecule has 1 heterocycles. The van der Waals surface area contributed by atoms with Gasteiger partial charge in [-0.15, -0.1) is 0 Å². The van der Waals surface area contributed by atoms with Gasteiger partial charge in [-0.25, -0.2) is 0 Å². The molecule has 1 atom stereocenters. The number of alkyl halides is 1. The van der Waals surface area contributed by atoms with Crippen LogP contribution < -0.4 is 0 Å². The quantitative estimate of drug-likeness (QED) is 0.780. The van der Waals surface area contributed by atoms with Crippen LogP contribution in [0, 0.1) is 0 Å². The lowest BCUT2D eigenvalue weighted by molar-refractivity contribution is -0.131. The van der Waals surface area contributed by atoms with Gasteiger partial charge < -0.3 is 4.90 Å². The fourth-order valence-corrected chi connectivity index (χ4v) is 2.50. The van der Waals surface area contributed by atoms with Crippen LogP contribution in [0.25, 0.3) is 0 Å². The van der Waals surface area contributed by atoms with E-state index in [1.165, 1.54) is 5.56 Å². The fraction of sp³-hybridized carbons (Fsp3) is 0.545. The largest absolute Gasteiger partial charge is 0.334 e. The molecule has 0 saturated heterocycles. The monoisotopic (exact) mass is 287 g/mol. The molecule has 0 bridgehead atoms. The normalized spacial score (nSPS) is 17.5. The second-order valence-electron chi connectivity index (χ2n) is 3.94. The fourth-order valence-electron chi connectivity index (χ4n) is 1.58. The molecule has 1 saturated carbocycles. The van der Waals surface area contributed by atoms with E-state index in [4.69, 9.17) is 0 Å².